The lowest BCUT2D eigenvalue weighted by molar-refractivity contribution is -0.383. The number of carbonyl (C=O) groups excluding carboxylic acids is 1. The highest BCUT2D eigenvalue weighted by Gasteiger charge is 2.21. The topological polar surface area (TPSA) is 76.0 Å². The summed E-state index contributed by atoms with van der Waals surface area (Å²) in [4.78, 5) is 26.2. The van der Waals surface area contributed by atoms with Gasteiger partial charge in [0.2, 0.25) is 0 Å². The van der Waals surface area contributed by atoms with Gasteiger partial charge in [0.15, 0.2) is 5.78 Å². The van der Waals surface area contributed by atoms with Crippen molar-refractivity contribution in [3.63, 3.8) is 0 Å². The molecule has 104 valence electrons. The Hall–Kier alpha value is -2.22. The molecular formula is C15H9IN2O3. The molecule has 2 aromatic carbocycles. The van der Waals surface area contributed by atoms with Gasteiger partial charge in [-0.25, -0.2) is 0 Å². The van der Waals surface area contributed by atoms with Gasteiger partial charge in [0.25, 0.3) is 5.69 Å². The summed E-state index contributed by atoms with van der Waals surface area (Å²) in [6.07, 6.45) is 1.53. The van der Waals surface area contributed by atoms with Gasteiger partial charge in [0.1, 0.15) is 0 Å². The number of nitrogens with zero attached hydrogens (tertiary/aromatic N) is 1. The van der Waals surface area contributed by atoms with Crippen molar-refractivity contribution in [1.29, 1.82) is 0 Å². The van der Waals surface area contributed by atoms with Gasteiger partial charge in [0.05, 0.1) is 21.4 Å². The van der Waals surface area contributed by atoms with Crippen LogP contribution in [0.1, 0.15) is 15.9 Å². The number of carbonyl (C=O) groups is 1. The van der Waals surface area contributed by atoms with Crippen LogP contribution in [0.25, 0.3) is 10.9 Å². The Bertz CT molecular complexity index is 870. The van der Waals surface area contributed by atoms with Crippen molar-refractivity contribution >= 4 is 45.0 Å². The second kappa shape index (κ2) is 5.28. The number of aromatic nitrogens is 1. The number of hydrogen-bond acceptors (Lipinski definition) is 3. The number of ketones is 1. The highest BCUT2D eigenvalue weighted by molar-refractivity contribution is 14.1. The van der Waals surface area contributed by atoms with Crippen LogP contribution >= 0.6 is 22.6 Å². The Morgan fingerprint density at radius 3 is 2.67 bits per heavy atom. The molecule has 1 N–H and O–H groups in total. The lowest BCUT2D eigenvalue weighted by Crippen LogP contribution is -2.01. The van der Waals surface area contributed by atoms with Crippen LogP contribution < -0.4 is 0 Å². The lowest BCUT2D eigenvalue weighted by atomic mass is 10.0. The van der Waals surface area contributed by atoms with E-state index >= 15 is 0 Å². The number of nitro benzene ring substituents is 1. The molecule has 0 fully saturated rings. The fraction of sp³-hybridized carbons (Fsp3) is 0. The summed E-state index contributed by atoms with van der Waals surface area (Å²) in [5, 5.41) is 11.5. The molecule has 0 saturated heterocycles. The van der Waals surface area contributed by atoms with Crippen molar-refractivity contribution in [2.45, 2.75) is 0 Å². The van der Waals surface area contributed by atoms with E-state index in [2.05, 4.69) is 27.6 Å². The molecule has 0 aliphatic heterocycles. The number of nitro groups is 1. The number of aromatic amines is 1. The summed E-state index contributed by atoms with van der Waals surface area (Å²) < 4.78 is 0.938. The second-order valence-electron chi connectivity index (χ2n) is 4.50. The van der Waals surface area contributed by atoms with Crippen molar-refractivity contribution < 1.29 is 9.72 Å². The first-order valence-electron chi connectivity index (χ1n) is 6.12. The molecule has 0 spiro atoms. The van der Waals surface area contributed by atoms with Crippen LogP contribution in [-0.4, -0.2) is 15.7 Å². The predicted octanol–water partition coefficient (Wildman–Crippen LogP) is 3.91. The molecule has 3 rings (SSSR count). The van der Waals surface area contributed by atoms with Crippen molar-refractivity contribution in [2.75, 3.05) is 0 Å². The number of halogens is 1. The molecule has 0 unspecified atom stereocenters. The van der Waals surface area contributed by atoms with Crippen molar-refractivity contribution in [2.24, 2.45) is 0 Å². The minimum Gasteiger partial charge on any atom is -0.360 e. The minimum atomic E-state index is -0.471. The standard InChI is InChI=1S/C15H9IN2O3/c16-10-4-1-3-9(7-10)15(19)11-8-17-12-5-2-6-13(14(11)12)18(20)21/h1-8,17H. The van der Waals surface area contributed by atoms with Crippen LogP contribution in [0.5, 0.6) is 0 Å². The molecule has 1 heterocycles. The van der Waals surface area contributed by atoms with Gasteiger partial charge in [0, 0.05) is 21.4 Å². The molecule has 0 radical (unpaired) electrons. The number of fused-ring (bicyclic) bond motifs is 1. The van der Waals surface area contributed by atoms with Crippen LogP contribution in [0.15, 0.2) is 48.7 Å². The van der Waals surface area contributed by atoms with Crippen LogP contribution in [0.3, 0.4) is 0 Å². The van der Waals surface area contributed by atoms with Gasteiger partial charge >= 0.3 is 0 Å². The summed E-state index contributed by atoms with van der Waals surface area (Å²) in [7, 11) is 0. The van der Waals surface area contributed by atoms with Gasteiger partial charge in [-0.05, 0) is 40.8 Å². The molecular weight excluding hydrogens is 383 g/mol. The Balaban J connectivity index is 2.21. The van der Waals surface area contributed by atoms with E-state index in [1.807, 2.05) is 6.07 Å². The van der Waals surface area contributed by atoms with Gasteiger partial charge in [-0.15, -0.1) is 0 Å². The van der Waals surface area contributed by atoms with E-state index in [0.29, 0.717) is 22.0 Å². The summed E-state index contributed by atoms with van der Waals surface area (Å²) >= 11 is 2.12. The van der Waals surface area contributed by atoms with E-state index in [4.69, 9.17) is 0 Å². The van der Waals surface area contributed by atoms with E-state index in [1.54, 1.807) is 30.3 Å². The van der Waals surface area contributed by atoms with Crippen LogP contribution in [0.2, 0.25) is 0 Å². The van der Waals surface area contributed by atoms with Gasteiger partial charge in [-0.1, -0.05) is 18.2 Å². The summed E-state index contributed by atoms with van der Waals surface area (Å²) in [5.41, 5.74) is 1.35. The second-order valence-corrected chi connectivity index (χ2v) is 5.74. The first kappa shape index (κ1) is 13.7. The first-order valence-corrected chi connectivity index (χ1v) is 7.20. The molecule has 5 nitrogen and oxygen atoms in total. The quantitative estimate of drug-likeness (QED) is 0.318. The number of non-ortho nitro benzene ring substituents is 1. The number of H-pyrrole nitrogens is 1. The maximum atomic E-state index is 12.6. The fourth-order valence-corrected chi connectivity index (χ4v) is 2.83. The molecule has 6 heteroatoms. The molecule has 0 bridgehead atoms. The van der Waals surface area contributed by atoms with Crippen molar-refractivity contribution in [3.05, 3.63) is 73.5 Å². The molecule has 1 aromatic heterocycles. The Morgan fingerprint density at radius 2 is 1.95 bits per heavy atom. The first-order chi connectivity index (χ1) is 10.1. The zero-order valence-corrected chi connectivity index (χ0v) is 12.8. The monoisotopic (exact) mass is 392 g/mol. The van der Waals surface area contributed by atoms with Crippen molar-refractivity contribution in [3.8, 4) is 0 Å². The average Bonchev–Trinajstić information content (AvgIpc) is 2.90. The predicted molar refractivity (Wildman–Crippen MR) is 87.5 cm³/mol. The maximum absolute atomic E-state index is 12.6. The number of benzene rings is 2. The van der Waals surface area contributed by atoms with E-state index in [1.165, 1.54) is 12.3 Å². The SMILES string of the molecule is O=C(c1cccc(I)c1)c1c[nH]c2cccc([N+](=O)[O-])c12. The van der Waals surface area contributed by atoms with E-state index in [9.17, 15) is 14.9 Å². The van der Waals surface area contributed by atoms with Gasteiger partial charge in [-0.2, -0.15) is 0 Å². The Labute approximate surface area is 133 Å². The molecule has 0 atom stereocenters. The Kier molecular flexibility index (Phi) is 3.46. The minimum absolute atomic E-state index is 0.0669. The number of rotatable bonds is 3. The third-order valence-electron chi connectivity index (χ3n) is 3.21. The average molecular weight is 392 g/mol. The highest BCUT2D eigenvalue weighted by Crippen LogP contribution is 2.30. The smallest absolute Gasteiger partial charge is 0.279 e. The maximum Gasteiger partial charge on any atom is 0.279 e. The van der Waals surface area contributed by atoms with Gasteiger partial charge in [-0.3, -0.25) is 14.9 Å². The third kappa shape index (κ3) is 2.42. The third-order valence-corrected chi connectivity index (χ3v) is 3.88. The molecule has 3 aromatic rings. The molecule has 0 aliphatic rings. The summed E-state index contributed by atoms with van der Waals surface area (Å²) in [6.45, 7) is 0. The molecule has 0 amide bonds. The fourth-order valence-electron chi connectivity index (χ4n) is 2.28. The van der Waals surface area contributed by atoms with E-state index in [-0.39, 0.29) is 11.5 Å². The van der Waals surface area contributed by atoms with Gasteiger partial charge < -0.3 is 4.98 Å². The zero-order chi connectivity index (χ0) is 15.0. The normalized spacial score (nSPS) is 10.7. The number of nitrogens with one attached hydrogen (secondary N) is 1. The lowest BCUT2D eigenvalue weighted by Gasteiger charge is -2.01. The van der Waals surface area contributed by atoms with Crippen molar-refractivity contribution in [1.82, 2.24) is 4.98 Å². The largest absolute Gasteiger partial charge is 0.360 e. The van der Waals surface area contributed by atoms with E-state index in [0.717, 1.165) is 3.57 Å². The molecule has 21 heavy (non-hydrogen) atoms. The zero-order valence-electron chi connectivity index (χ0n) is 10.7. The highest BCUT2D eigenvalue weighted by atomic mass is 127. The number of hydrogen-bond donors (Lipinski definition) is 1. The van der Waals surface area contributed by atoms with Crippen LogP contribution in [0.4, 0.5) is 5.69 Å². The van der Waals surface area contributed by atoms with Crippen LogP contribution in [-0.2, 0) is 0 Å². The van der Waals surface area contributed by atoms with E-state index < -0.39 is 4.92 Å². The summed E-state index contributed by atoms with van der Waals surface area (Å²) in [5.74, 6) is -0.228. The molecule has 0 saturated carbocycles. The summed E-state index contributed by atoms with van der Waals surface area (Å²) in [6, 6.07) is 11.9. The van der Waals surface area contributed by atoms with Crippen LogP contribution in [0, 0.1) is 13.7 Å². The molecule has 0 aliphatic carbocycles. The Morgan fingerprint density at radius 1 is 1.19 bits per heavy atom.